The highest BCUT2D eigenvalue weighted by Crippen LogP contribution is 2.27. The molecule has 0 spiro atoms. The first-order chi connectivity index (χ1) is 12.4. The highest BCUT2D eigenvalue weighted by atomic mass is 19.4. The molecule has 0 saturated heterocycles. The summed E-state index contributed by atoms with van der Waals surface area (Å²) in [7, 11) is 1.49. The van der Waals surface area contributed by atoms with Crippen LogP contribution in [0.2, 0.25) is 0 Å². The molecule has 1 aromatic carbocycles. The molecule has 0 aliphatic rings. The molecule has 1 amide bonds. The summed E-state index contributed by atoms with van der Waals surface area (Å²) in [5, 5.41) is 6.15. The lowest BCUT2D eigenvalue weighted by atomic mass is 10.2. The summed E-state index contributed by atoms with van der Waals surface area (Å²) >= 11 is 0. The maximum absolute atomic E-state index is 12.6. The topological polar surface area (TPSA) is 69.0 Å². The van der Waals surface area contributed by atoms with Crippen molar-refractivity contribution in [2.75, 3.05) is 12.4 Å². The molecule has 0 unspecified atom stereocenters. The zero-order valence-electron chi connectivity index (χ0n) is 13.5. The van der Waals surface area contributed by atoms with Gasteiger partial charge in [0.1, 0.15) is 0 Å². The van der Waals surface area contributed by atoms with Crippen LogP contribution in [0.25, 0.3) is 5.69 Å². The highest BCUT2D eigenvalue weighted by molar-refractivity contribution is 6.04. The molecule has 3 rings (SSSR count). The maximum atomic E-state index is 12.6. The number of nitrogens with one attached hydrogen (secondary N) is 1. The van der Waals surface area contributed by atoms with Gasteiger partial charge in [0.25, 0.3) is 5.91 Å². The summed E-state index contributed by atoms with van der Waals surface area (Å²) in [5.74, 6) is 0.0461. The van der Waals surface area contributed by atoms with E-state index in [-0.39, 0.29) is 5.91 Å². The number of aromatic nitrogens is 3. The number of methoxy groups -OCH3 is 1. The Morgan fingerprint density at radius 2 is 1.85 bits per heavy atom. The lowest BCUT2D eigenvalue weighted by Crippen LogP contribution is -2.12. The Labute approximate surface area is 146 Å². The molecule has 3 aromatic rings. The number of amides is 1. The van der Waals surface area contributed by atoms with E-state index in [4.69, 9.17) is 4.74 Å². The third-order valence-corrected chi connectivity index (χ3v) is 3.48. The number of carbonyl (C=O) groups is 1. The Morgan fingerprint density at radius 3 is 2.38 bits per heavy atom. The van der Waals surface area contributed by atoms with Gasteiger partial charge in [0, 0.05) is 17.8 Å². The number of nitrogens with zero attached hydrogens (tertiary/aromatic N) is 3. The van der Waals surface area contributed by atoms with Crippen LogP contribution in [0.5, 0.6) is 5.88 Å². The molecule has 134 valence electrons. The SMILES string of the molecule is COc1ccc(NC(=O)c2ccc(-n3ccc(C(F)(F)F)n3)cc2)cn1. The number of anilines is 1. The standard InChI is InChI=1S/C17H13F3N4O2/c1-26-15-7-4-12(10-21-15)22-16(25)11-2-5-13(6-3-11)24-9-8-14(23-24)17(18,19)20/h2-10H,1H3,(H,22,25). The molecule has 0 saturated carbocycles. The van der Waals surface area contributed by atoms with Gasteiger partial charge in [0.05, 0.1) is 24.7 Å². The fourth-order valence-corrected chi connectivity index (χ4v) is 2.16. The number of ether oxygens (including phenoxy) is 1. The van der Waals surface area contributed by atoms with Crippen molar-refractivity contribution in [3.63, 3.8) is 0 Å². The van der Waals surface area contributed by atoms with Crippen LogP contribution in [-0.4, -0.2) is 27.8 Å². The predicted octanol–water partition coefficient (Wildman–Crippen LogP) is 3.55. The second-order valence-corrected chi connectivity index (χ2v) is 5.23. The lowest BCUT2D eigenvalue weighted by Gasteiger charge is -2.07. The summed E-state index contributed by atoms with van der Waals surface area (Å²) in [5.41, 5.74) is 0.254. The van der Waals surface area contributed by atoms with Crippen LogP contribution >= 0.6 is 0 Å². The molecule has 0 fully saturated rings. The number of pyridine rings is 1. The second kappa shape index (κ2) is 6.87. The molecule has 0 aliphatic heterocycles. The van der Waals surface area contributed by atoms with E-state index in [1.165, 1.54) is 43.8 Å². The van der Waals surface area contributed by atoms with Crippen LogP contribution in [0.4, 0.5) is 18.9 Å². The number of rotatable bonds is 4. The van der Waals surface area contributed by atoms with E-state index in [0.717, 1.165) is 10.7 Å². The first-order valence-electron chi connectivity index (χ1n) is 7.41. The van der Waals surface area contributed by atoms with Crippen LogP contribution in [0.1, 0.15) is 16.1 Å². The third kappa shape index (κ3) is 3.82. The molecule has 0 bridgehead atoms. The Hall–Kier alpha value is -3.36. The minimum absolute atomic E-state index is 0.341. The number of carbonyl (C=O) groups excluding carboxylic acids is 1. The van der Waals surface area contributed by atoms with E-state index < -0.39 is 11.9 Å². The summed E-state index contributed by atoms with van der Waals surface area (Å²) in [6.45, 7) is 0. The van der Waals surface area contributed by atoms with Crippen molar-refractivity contribution in [1.82, 2.24) is 14.8 Å². The summed E-state index contributed by atoms with van der Waals surface area (Å²) < 4.78 is 43.8. The third-order valence-electron chi connectivity index (χ3n) is 3.48. The first-order valence-corrected chi connectivity index (χ1v) is 7.41. The Kier molecular flexibility index (Phi) is 4.61. The quantitative estimate of drug-likeness (QED) is 0.771. The molecule has 2 heterocycles. The molecule has 0 aliphatic carbocycles. The van der Waals surface area contributed by atoms with Crippen LogP contribution in [-0.2, 0) is 6.18 Å². The van der Waals surface area contributed by atoms with Gasteiger partial charge in [0.15, 0.2) is 5.69 Å². The Balaban J connectivity index is 1.72. The molecule has 2 aromatic heterocycles. The van der Waals surface area contributed by atoms with Crippen molar-refractivity contribution in [3.8, 4) is 11.6 Å². The number of hydrogen-bond acceptors (Lipinski definition) is 4. The normalized spacial score (nSPS) is 11.2. The average molecular weight is 362 g/mol. The number of halogens is 3. The van der Waals surface area contributed by atoms with Gasteiger partial charge in [-0.15, -0.1) is 0 Å². The van der Waals surface area contributed by atoms with E-state index in [1.807, 2.05) is 0 Å². The molecule has 6 nitrogen and oxygen atoms in total. The predicted molar refractivity (Wildman–Crippen MR) is 87.3 cm³/mol. The highest BCUT2D eigenvalue weighted by Gasteiger charge is 2.33. The van der Waals surface area contributed by atoms with E-state index >= 15 is 0 Å². The zero-order valence-corrected chi connectivity index (χ0v) is 13.5. The van der Waals surface area contributed by atoms with Crippen molar-refractivity contribution < 1.29 is 22.7 Å². The van der Waals surface area contributed by atoms with Gasteiger partial charge < -0.3 is 10.1 Å². The molecular weight excluding hydrogens is 349 g/mol. The van der Waals surface area contributed by atoms with Gasteiger partial charge in [-0.1, -0.05) is 0 Å². The van der Waals surface area contributed by atoms with Crippen molar-refractivity contribution in [3.05, 3.63) is 66.1 Å². The smallest absolute Gasteiger partial charge is 0.435 e. The van der Waals surface area contributed by atoms with Gasteiger partial charge in [0.2, 0.25) is 5.88 Å². The van der Waals surface area contributed by atoms with E-state index in [2.05, 4.69) is 15.4 Å². The maximum Gasteiger partial charge on any atom is 0.435 e. The van der Waals surface area contributed by atoms with E-state index in [1.54, 1.807) is 12.1 Å². The number of benzene rings is 1. The average Bonchev–Trinajstić information content (AvgIpc) is 3.13. The lowest BCUT2D eigenvalue weighted by molar-refractivity contribution is -0.141. The van der Waals surface area contributed by atoms with Crippen LogP contribution in [0, 0.1) is 0 Å². The van der Waals surface area contributed by atoms with Crippen molar-refractivity contribution in [2.24, 2.45) is 0 Å². The summed E-state index contributed by atoms with van der Waals surface area (Å²) in [6.07, 6.45) is -1.84. The molecular formula is C17H13F3N4O2. The van der Waals surface area contributed by atoms with E-state index in [9.17, 15) is 18.0 Å². The Morgan fingerprint density at radius 1 is 1.12 bits per heavy atom. The van der Waals surface area contributed by atoms with Crippen molar-refractivity contribution >= 4 is 11.6 Å². The second-order valence-electron chi connectivity index (χ2n) is 5.23. The minimum Gasteiger partial charge on any atom is -0.481 e. The summed E-state index contributed by atoms with van der Waals surface area (Å²) in [4.78, 5) is 16.2. The van der Waals surface area contributed by atoms with Crippen molar-refractivity contribution in [2.45, 2.75) is 6.18 Å². The largest absolute Gasteiger partial charge is 0.481 e. The zero-order chi connectivity index (χ0) is 18.7. The van der Waals surface area contributed by atoms with Gasteiger partial charge in [-0.25, -0.2) is 9.67 Å². The number of alkyl halides is 3. The van der Waals surface area contributed by atoms with Crippen LogP contribution in [0.15, 0.2) is 54.9 Å². The van der Waals surface area contributed by atoms with E-state index in [0.29, 0.717) is 22.8 Å². The van der Waals surface area contributed by atoms with Crippen molar-refractivity contribution in [1.29, 1.82) is 0 Å². The van der Waals surface area contributed by atoms with Gasteiger partial charge >= 0.3 is 6.18 Å². The van der Waals surface area contributed by atoms with Gasteiger partial charge in [-0.2, -0.15) is 18.3 Å². The first kappa shape index (κ1) is 17.5. The molecule has 0 radical (unpaired) electrons. The number of hydrogen-bond donors (Lipinski definition) is 1. The van der Waals surface area contributed by atoms with Gasteiger partial charge in [-0.05, 0) is 36.4 Å². The molecule has 26 heavy (non-hydrogen) atoms. The fraction of sp³-hybridized carbons (Fsp3) is 0.118. The molecule has 1 N–H and O–H groups in total. The van der Waals surface area contributed by atoms with Gasteiger partial charge in [-0.3, -0.25) is 4.79 Å². The van der Waals surface area contributed by atoms with Crippen LogP contribution < -0.4 is 10.1 Å². The fourth-order valence-electron chi connectivity index (χ4n) is 2.16. The Bertz CT molecular complexity index is 903. The monoisotopic (exact) mass is 362 g/mol. The van der Waals surface area contributed by atoms with Crippen LogP contribution in [0.3, 0.4) is 0 Å². The molecule has 0 atom stereocenters. The molecule has 9 heteroatoms. The minimum atomic E-state index is -4.50. The summed E-state index contributed by atoms with van der Waals surface area (Å²) in [6, 6.07) is 10.1.